The number of phenolic OH excluding ortho intramolecular Hbond substituents is 1. The molecule has 1 rings (SSSR count). The van der Waals surface area contributed by atoms with E-state index in [2.05, 4.69) is 6.92 Å². The summed E-state index contributed by atoms with van der Waals surface area (Å²) in [7, 11) is 0. The van der Waals surface area contributed by atoms with Crippen LogP contribution in [0.3, 0.4) is 0 Å². The van der Waals surface area contributed by atoms with Gasteiger partial charge in [-0.25, -0.2) is 0 Å². The van der Waals surface area contributed by atoms with Crippen molar-refractivity contribution in [1.29, 1.82) is 0 Å². The van der Waals surface area contributed by atoms with Gasteiger partial charge < -0.3 is 5.11 Å². The Morgan fingerprint density at radius 2 is 2.00 bits per heavy atom. The second kappa shape index (κ2) is 6.89. The molecule has 0 heterocycles. The third-order valence-electron chi connectivity index (χ3n) is 2.69. The number of aromatic hydroxyl groups is 1. The average molecular weight is 232 g/mol. The summed E-state index contributed by atoms with van der Waals surface area (Å²) in [5.41, 5.74) is 1.22. The van der Waals surface area contributed by atoms with Crippen LogP contribution in [0.5, 0.6) is 5.75 Å². The molecule has 17 heavy (non-hydrogen) atoms. The number of para-hydroxylation sites is 1. The molecule has 1 aromatic carbocycles. The van der Waals surface area contributed by atoms with Crippen molar-refractivity contribution in [3.63, 3.8) is 0 Å². The lowest BCUT2D eigenvalue weighted by molar-refractivity contribution is 0.102. The minimum absolute atomic E-state index is 0.0431. The third-order valence-corrected chi connectivity index (χ3v) is 2.69. The van der Waals surface area contributed by atoms with E-state index in [-0.39, 0.29) is 11.5 Å². The molecule has 1 aromatic rings. The Morgan fingerprint density at radius 1 is 1.29 bits per heavy atom. The molecule has 0 saturated heterocycles. The molecular formula is C15H20O2. The zero-order chi connectivity index (χ0) is 12.7. The SMILES string of the molecule is CCC=C(CCCC)C(=O)c1ccccc1O. The number of benzene rings is 1. The fourth-order valence-electron chi connectivity index (χ4n) is 1.76. The van der Waals surface area contributed by atoms with Crippen LogP contribution < -0.4 is 0 Å². The molecule has 0 fully saturated rings. The third kappa shape index (κ3) is 3.74. The smallest absolute Gasteiger partial charge is 0.192 e. The molecule has 0 atom stereocenters. The summed E-state index contributed by atoms with van der Waals surface area (Å²) in [6.07, 6.45) is 5.67. The molecule has 0 spiro atoms. The molecule has 0 unspecified atom stereocenters. The predicted molar refractivity (Wildman–Crippen MR) is 70.3 cm³/mol. The van der Waals surface area contributed by atoms with Crippen LogP contribution in [-0.2, 0) is 0 Å². The second-order valence-electron chi connectivity index (χ2n) is 4.09. The highest BCUT2D eigenvalue weighted by atomic mass is 16.3. The first kappa shape index (κ1) is 13.5. The lowest BCUT2D eigenvalue weighted by Gasteiger charge is -2.07. The Kier molecular flexibility index (Phi) is 5.47. The summed E-state index contributed by atoms with van der Waals surface area (Å²) in [5, 5.41) is 9.68. The Bertz CT molecular complexity index is 405. The molecule has 0 aliphatic rings. The van der Waals surface area contributed by atoms with Gasteiger partial charge in [-0.1, -0.05) is 38.5 Å². The standard InChI is InChI=1S/C15H20O2/c1-3-5-9-12(8-4-2)15(17)13-10-6-7-11-14(13)16/h6-8,10-11,16H,3-5,9H2,1-2H3. The number of Topliss-reactive ketones (excluding diaryl/α,β-unsaturated/α-hetero) is 1. The Labute approximate surface area is 103 Å². The molecule has 0 amide bonds. The highest BCUT2D eigenvalue weighted by molar-refractivity contribution is 6.10. The summed E-state index contributed by atoms with van der Waals surface area (Å²) < 4.78 is 0. The van der Waals surface area contributed by atoms with E-state index in [0.29, 0.717) is 5.56 Å². The summed E-state index contributed by atoms with van der Waals surface area (Å²) in [6, 6.07) is 6.72. The van der Waals surface area contributed by atoms with Crippen LogP contribution >= 0.6 is 0 Å². The van der Waals surface area contributed by atoms with Crippen LogP contribution in [0, 0.1) is 0 Å². The van der Waals surface area contributed by atoms with Gasteiger partial charge in [-0.3, -0.25) is 4.79 Å². The zero-order valence-corrected chi connectivity index (χ0v) is 10.6. The fraction of sp³-hybridized carbons (Fsp3) is 0.400. The van der Waals surface area contributed by atoms with E-state index < -0.39 is 0 Å². The van der Waals surface area contributed by atoms with Crippen molar-refractivity contribution in [2.45, 2.75) is 39.5 Å². The highest BCUT2D eigenvalue weighted by Crippen LogP contribution is 2.22. The maximum Gasteiger partial charge on any atom is 0.192 e. The number of carbonyl (C=O) groups excluding carboxylic acids is 1. The first-order valence-electron chi connectivity index (χ1n) is 6.22. The topological polar surface area (TPSA) is 37.3 Å². The first-order chi connectivity index (χ1) is 8.20. The van der Waals surface area contributed by atoms with Crippen LogP contribution in [-0.4, -0.2) is 10.9 Å². The number of allylic oxidation sites excluding steroid dienone is 2. The Balaban J connectivity index is 2.92. The molecule has 0 aliphatic heterocycles. The Morgan fingerprint density at radius 3 is 2.59 bits per heavy atom. The number of phenols is 1. The number of hydrogen-bond donors (Lipinski definition) is 1. The number of hydrogen-bond acceptors (Lipinski definition) is 2. The van der Waals surface area contributed by atoms with Gasteiger partial charge in [-0.2, -0.15) is 0 Å². The monoisotopic (exact) mass is 232 g/mol. The lowest BCUT2D eigenvalue weighted by Crippen LogP contribution is -2.04. The molecule has 0 bridgehead atoms. The lowest BCUT2D eigenvalue weighted by atomic mass is 9.97. The maximum absolute atomic E-state index is 12.2. The summed E-state index contributed by atoms with van der Waals surface area (Å²) >= 11 is 0. The molecule has 0 aliphatic carbocycles. The van der Waals surface area contributed by atoms with Gasteiger partial charge in [-0.05, 0) is 37.0 Å². The molecule has 0 saturated carbocycles. The summed E-state index contributed by atoms with van der Waals surface area (Å²) in [5.74, 6) is 0.0226. The molecule has 1 N–H and O–H groups in total. The summed E-state index contributed by atoms with van der Waals surface area (Å²) in [4.78, 5) is 12.2. The van der Waals surface area contributed by atoms with Crippen molar-refractivity contribution >= 4 is 5.78 Å². The van der Waals surface area contributed by atoms with Gasteiger partial charge in [0, 0.05) is 0 Å². The molecule has 2 heteroatoms. The summed E-state index contributed by atoms with van der Waals surface area (Å²) in [6.45, 7) is 4.12. The van der Waals surface area contributed by atoms with Crippen LogP contribution in [0.1, 0.15) is 49.9 Å². The van der Waals surface area contributed by atoms with E-state index in [1.807, 2.05) is 13.0 Å². The van der Waals surface area contributed by atoms with Crippen LogP contribution in [0.15, 0.2) is 35.9 Å². The van der Waals surface area contributed by atoms with E-state index in [1.54, 1.807) is 24.3 Å². The largest absolute Gasteiger partial charge is 0.507 e. The van der Waals surface area contributed by atoms with Crippen LogP contribution in [0.2, 0.25) is 0 Å². The van der Waals surface area contributed by atoms with Gasteiger partial charge in [-0.15, -0.1) is 0 Å². The molecule has 0 radical (unpaired) electrons. The Hall–Kier alpha value is -1.57. The minimum Gasteiger partial charge on any atom is -0.507 e. The molecular weight excluding hydrogens is 212 g/mol. The van der Waals surface area contributed by atoms with Crippen molar-refractivity contribution in [1.82, 2.24) is 0 Å². The van der Waals surface area contributed by atoms with Gasteiger partial charge in [0.1, 0.15) is 5.75 Å². The number of ketones is 1. The van der Waals surface area contributed by atoms with Gasteiger partial charge in [0.15, 0.2) is 5.78 Å². The number of carbonyl (C=O) groups is 1. The van der Waals surface area contributed by atoms with E-state index in [4.69, 9.17) is 0 Å². The molecule has 2 nitrogen and oxygen atoms in total. The van der Waals surface area contributed by atoms with E-state index in [1.165, 1.54) is 0 Å². The quantitative estimate of drug-likeness (QED) is 0.592. The number of unbranched alkanes of at least 4 members (excludes halogenated alkanes) is 1. The normalized spacial score (nSPS) is 11.5. The molecule has 92 valence electrons. The van der Waals surface area contributed by atoms with Gasteiger partial charge >= 0.3 is 0 Å². The highest BCUT2D eigenvalue weighted by Gasteiger charge is 2.14. The second-order valence-corrected chi connectivity index (χ2v) is 4.09. The van der Waals surface area contributed by atoms with Gasteiger partial charge in [0.25, 0.3) is 0 Å². The minimum atomic E-state index is -0.0431. The van der Waals surface area contributed by atoms with Crippen molar-refractivity contribution in [3.8, 4) is 5.75 Å². The average Bonchev–Trinajstić information content (AvgIpc) is 2.34. The van der Waals surface area contributed by atoms with Crippen LogP contribution in [0.25, 0.3) is 0 Å². The first-order valence-corrected chi connectivity index (χ1v) is 6.22. The maximum atomic E-state index is 12.2. The fourth-order valence-corrected chi connectivity index (χ4v) is 1.76. The van der Waals surface area contributed by atoms with Crippen molar-refractivity contribution in [3.05, 3.63) is 41.5 Å². The van der Waals surface area contributed by atoms with Crippen molar-refractivity contribution in [2.24, 2.45) is 0 Å². The molecule has 0 aromatic heterocycles. The van der Waals surface area contributed by atoms with Crippen molar-refractivity contribution < 1.29 is 9.90 Å². The van der Waals surface area contributed by atoms with Gasteiger partial charge in [0.2, 0.25) is 0 Å². The van der Waals surface area contributed by atoms with Gasteiger partial charge in [0.05, 0.1) is 5.56 Å². The van der Waals surface area contributed by atoms with E-state index in [0.717, 1.165) is 31.3 Å². The predicted octanol–water partition coefficient (Wildman–Crippen LogP) is 4.10. The number of rotatable bonds is 6. The van der Waals surface area contributed by atoms with E-state index >= 15 is 0 Å². The van der Waals surface area contributed by atoms with E-state index in [9.17, 15) is 9.90 Å². The van der Waals surface area contributed by atoms with Crippen molar-refractivity contribution in [2.75, 3.05) is 0 Å². The van der Waals surface area contributed by atoms with Crippen LogP contribution in [0.4, 0.5) is 0 Å². The zero-order valence-electron chi connectivity index (χ0n) is 10.6.